The molecular formula is C15H22BrF3N2. The predicted molar refractivity (Wildman–Crippen MR) is 84.7 cm³/mol. The van der Waals surface area contributed by atoms with Crippen LogP contribution in [-0.2, 0) is 6.42 Å². The molecule has 0 aromatic heterocycles. The summed E-state index contributed by atoms with van der Waals surface area (Å²) in [6, 6.07) is 5.41. The maximum atomic E-state index is 12.6. The number of benzene rings is 1. The molecule has 1 aromatic rings. The summed E-state index contributed by atoms with van der Waals surface area (Å²) in [5.41, 5.74) is 7.53. The second-order valence-electron chi connectivity index (χ2n) is 5.18. The van der Waals surface area contributed by atoms with Gasteiger partial charge >= 0.3 is 6.18 Å². The molecular weight excluding hydrogens is 345 g/mol. The molecule has 1 atom stereocenters. The fraction of sp³-hybridized carbons (Fsp3) is 0.600. The van der Waals surface area contributed by atoms with Crippen LogP contribution < -0.4 is 10.6 Å². The molecule has 120 valence electrons. The summed E-state index contributed by atoms with van der Waals surface area (Å²) < 4.78 is 38.7. The Morgan fingerprint density at radius 3 is 2.43 bits per heavy atom. The summed E-state index contributed by atoms with van der Waals surface area (Å²) in [7, 11) is 0. The van der Waals surface area contributed by atoms with Crippen molar-refractivity contribution < 1.29 is 13.2 Å². The molecule has 1 aromatic carbocycles. The van der Waals surface area contributed by atoms with Gasteiger partial charge in [-0.05, 0) is 37.0 Å². The van der Waals surface area contributed by atoms with Crippen molar-refractivity contribution in [2.75, 3.05) is 18.0 Å². The topological polar surface area (TPSA) is 29.3 Å². The predicted octanol–water partition coefficient (Wildman–Crippen LogP) is 4.51. The molecule has 0 bridgehead atoms. The Kier molecular flexibility index (Phi) is 7.00. The van der Waals surface area contributed by atoms with Crippen LogP contribution in [0.4, 0.5) is 18.9 Å². The van der Waals surface area contributed by atoms with Gasteiger partial charge in [-0.15, -0.1) is 0 Å². The summed E-state index contributed by atoms with van der Waals surface area (Å²) in [6.45, 7) is 3.33. The van der Waals surface area contributed by atoms with Crippen LogP contribution in [0.3, 0.4) is 0 Å². The third-order valence-electron chi connectivity index (χ3n) is 3.27. The average Bonchev–Trinajstić information content (AvgIpc) is 2.39. The van der Waals surface area contributed by atoms with Crippen molar-refractivity contribution in [3.05, 3.63) is 28.2 Å². The first kappa shape index (κ1) is 18.3. The molecule has 0 aliphatic rings. The van der Waals surface area contributed by atoms with Crippen LogP contribution in [-0.4, -0.2) is 25.3 Å². The van der Waals surface area contributed by atoms with Crippen molar-refractivity contribution in [3.8, 4) is 0 Å². The fourth-order valence-electron chi connectivity index (χ4n) is 2.11. The van der Waals surface area contributed by atoms with E-state index in [0.29, 0.717) is 25.1 Å². The van der Waals surface area contributed by atoms with Gasteiger partial charge in [-0.1, -0.05) is 35.8 Å². The van der Waals surface area contributed by atoms with Gasteiger partial charge in [0.05, 0.1) is 0 Å². The van der Waals surface area contributed by atoms with Gasteiger partial charge in [-0.2, -0.15) is 13.2 Å². The summed E-state index contributed by atoms with van der Waals surface area (Å²) in [4.78, 5) is 1.36. The molecule has 0 aliphatic carbocycles. The Bertz CT molecular complexity index is 449. The smallest absolute Gasteiger partial charge is 0.363 e. The first-order valence-electron chi connectivity index (χ1n) is 7.12. The van der Waals surface area contributed by atoms with Crippen molar-refractivity contribution in [2.45, 2.75) is 45.3 Å². The highest BCUT2D eigenvalue weighted by Crippen LogP contribution is 2.28. The number of hydrogen-bond donors (Lipinski definition) is 1. The van der Waals surface area contributed by atoms with Gasteiger partial charge in [-0.3, -0.25) is 0 Å². The zero-order chi connectivity index (χ0) is 16.0. The zero-order valence-electron chi connectivity index (χ0n) is 12.4. The Morgan fingerprint density at radius 2 is 1.95 bits per heavy atom. The first-order chi connectivity index (χ1) is 9.76. The normalized spacial score (nSPS) is 13.3. The Labute approximate surface area is 132 Å². The molecule has 0 heterocycles. The van der Waals surface area contributed by atoms with Crippen LogP contribution >= 0.6 is 15.9 Å². The van der Waals surface area contributed by atoms with E-state index in [-0.39, 0.29) is 6.04 Å². The minimum atomic E-state index is -4.20. The van der Waals surface area contributed by atoms with Gasteiger partial charge in [0, 0.05) is 22.7 Å². The van der Waals surface area contributed by atoms with Crippen LogP contribution in [0, 0.1) is 0 Å². The van der Waals surface area contributed by atoms with E-state index in [0.717, 1.165) is 16.5 Å². The molecule has 2 N–H and O–H groups in total. The summed E-state index contributed by atoms with van der Waals surface area (Å²) >= 11 is 3.44. The molecule has 6 heteroatoms. The van der Waals surface area contributed by atoms with Crippen LogP contribution in [0.2, 0.25) is 0 Å². The minimum absolute atomic E-state index is 0.0640. The molecule has 0 saturated carbocycles. The lowest BCUT2D eigenvalue weighted by molar-refractivity contribution is -0.119. The molecule has 1 unspecified atom stereocenters. The highest BCUT2D eigenvalue weighted by molar-refractivity contribution is 9.10. The molecule has 1 rings (SSSR count). The Hall–Kier alpha value is -0.750. The lowest BCUT2D eigenvalue weighted by Gasteiger charge is -2.26. The third-order valence-corrected chi connectivity index (χ3v) is 4.01. The molecule has 21 heavy (non-hydrogen) atoms. The Balaban J connectivity index is 2.92. The van der Waals surface area contributed by atoms with E-state index < -0.39 is 12.7 Å². The number of alkyl halides is 3. The van der Waals surface area contributed by atoms with E-state index >= 15 is 0 Å². The van der Waals surface area contributed by atoms with E-state index in [4.69, 9.17) is 5.73 Å². The molecule has 0 spiro atoms. The van der Waals surface area contributed by atoms with Crippen molar-refractivity contribution in [1.82, 2.24) is 0 Å². The van der Waals surface area contributed by atoms with Gasteiger partial charge in [0.15, 0.2) is 0 Å². The summed E-state index contributed by atoms with van der Waals surface area (Å²) in [5, 5.41) is 0. The van der Waals surface area contributed by atoms with Gasteiger partial charge in [0.2, 0.25) is 0 Å². The number of rotatable bonds is 7. The highest BCUT2D eigenvalue weighted by Gasteiger charge is 2.30. The molecule has 0 fully saturated rings. The Morgan fingerprint density at radius 1 is 1.29 bits per heavy atom. The van der Waals surface area contributed by atoms with Gasteiger partial charge in [0.1, 0.15) is 6.54 Å². The van der Waals surface area contributed by atoms with Gasteiger partial charge in [-0.25, -0.2) is 0 Å². The van der Waals surface area contributed by atoms with Crippen molar-refractivity contribution in [3.63, 3.8) is 0 Å². The monoisotopic (exact) mass is 366 g/mol. The van der Waals surface area contributed by atoms with Crippen LogP contribution in [0.1, 0.15) is 32.3 Å². The van der Waals surface area contributed by atoms with Crippen molar-refractivity contribution in [1.29, 1.82) is 0 Å². The number of anilines is 1. The minimum Gasteiger partial charge on any atom is -0.363 e. The maximum Gasteiger partial charge on any atom is 0.405 e. The van der Waals surface area contributed by atoms with Crippen LogP contribution in [0.5, 0.6) is 0 Å². The molecule has 0 radical (unpaired) electrons. The molecule has 0 amide bonds. The summed E-state index contributed by atoms with van der Waals surface area (Å²) in [6.07, 6.45) is -1.96. The summed E-state index contributed by atoms with van der Waals surface area (Å²) in [5.74, 6) is 0. The lowest BCUT2D eigenvalue weighted by atomic mass is 10.0. The zero-order valence-corrected chi connectivity index (χ0v) is 14.0. The van der Waals surface area contributed by atoms with Gasteiger partial charge < -0.3 is 10.6 Å². The van der Waals surface area contributed by atoms with Crippen molar-refractivity contribution in [2.24, 2.45) is 5.73 Å². The third kappa shape index (κ3) is 6.26. The van der Waals surface area contributed by atoms with Gasteiger partial charge in [0.25, 0.3) is 0 Å². The number of halogens is 4. The SMILES string of the molecule is CCCN(CC(F)(F)F)c1ccc(CC(N)CC)c(Br)c1. The maximum absolute atomic E-state index is 12.6. The highest BCUT2D eigenvalue weighted by atomic mass is 79.9. The number of hydrogen-bond acceptors (Lipinski definition) is 2. The van der Waals surface area contributed by atoms with E-state index in [2.05, 4.69) is 15.9 Å². The van der Waals surface area contributed by atoms with Crippen molar-refractivity contribution >= 4 is 21.6 Å². The van der Waals surface area contributed by atoms with Crippen LogP contribution in [0.15, 0.2) is 22.7 Å². The number of nitrogens with zero attached hydrogens (tertiary/aromatic N) is 1. The fourth-order valence-corrected chi connectivity index (χ4v) is 2.64. The van der Waals surface area contributed by atoms with E-state index in [1.807, 2.05) is 19.9 Å². The van der Waals surface area contributed by atoms with E-state index in [1.165, 1.54) is 4.90 Å². The molecule has 0 aliphatic heterocycles. The molecule has 0 saturated heterocycles. The number of nitrogens with two attached hydrogens (primary N) is 1. The second-order valence-corrected chi connectivity index (χ2v) is 6.04. The first-order valence-corrected chi connectivity index (χ1v) is 7.91. The molecule has 2 nitrogen and oxygen atoms in total. The largest absolute Gasteiger partial charge is 0.405 e. The van der Waals surface area contributed by atoms with E-state index in [9.17, 15) is 13.2 Å². The quantitative estimate of drug-likeness (QED) is 0.769. The van der Waals surface area contributed by atoms with Crippen LogP contribution in [0.25, 0.3) is 0 Å². The standard InChI is InChI=1S/C15H22BrF3N2/c1-3-7-21(10-15(17,18)19)13-6-5-11(14(16)9-13)8-12(20)4-2/h5-6,9,12H,3-4,7-8,10,20H2,1-2H3. The average molecular weight is 367 g/mol. The second kappa shape index (κ2) is 8.03. The lowest BCUT2D eigenvalue weighted by Crippen LogP contribution is -2.34. The van der Waals surface area contributed by atoms with E-state index in [1.54, 1.807) is 12.1 Å².